The molecule has 0 aliphatic heterocycles. The zero-order valence-electron chi connectivity index (χ0n) is 11.5. The lowest BCUT2D eigenvalue weighted by Crippen LogP contribution is -2.23. The number of hydrogen-bond acceptors (Lipinski definition) is 5. The van der Waals surface area contributed by atoms with E-state index in [1.165, 1.54) is 0 Å². The number of thiazole rings is 1. The van der Waals surface area contributed by atoms with Gasteiger partial charge in [-0.15, -0.1) is 11.3 Å². The van der Waals surface area contributed by atoms with Crippen LogP contribution in [0.3, 0.4) is 0 Å². The Morgan fingerprint density at radius 3 is 2.89 bits per heavy atom. The molecule has 0 amide bonds. The number of rotatable bonds is 6. The van der Waals surface area contributed by atoms with Crippen molar-refractivity contribution >= 4 is 11.3 Å². The Morgan fingerprint density at radius 1 is 1.37 bits per heavy atom. The van der Waals surface area contributed by atoms with Crippen LogP contribution in [0.5, 0.6) is 5.75 Å². The normalized spacial score (nSPS) is 10.9. The van der Waals surface area contributed by atoms with Gasteiger partial charge in [0.15, 0.2) is 0 Å². The summed E-state index contributed by atoms with van der Waals surface area (Å²) in [7, 11) is 0. The molecule has 0 unspecified atom stereocenters. The lowest BCUT2D eigenvalue weighted by atomic mass is 10.2. The molecule has 0 saturated heterocycles. The maximum absolute atomic E-state index is 5.84. The Balaban J connectivity index is 2.05. The van der Waals surface area contributed by atoms with Crippen LogP contribution in [0.1, 0.15) is 30.1 Å². The third kappa shape index (κ3) is 4.29. The van der Waals surface area contributed by atoms with Crippen LogP contribution in [-0.2, 0) is 13.2 Å². The molecule has 1 N–H and O–H groups in total. The van der Waals surface area contributed by atoms with Gasteiger partial charge >= 0.3 is 0 Å². The van der Waals surface area contributed by atoms with Gasteiger partial charge in [-0.2, -0.15) is 0 Å². The lowest BCUT2D eigenvalue weighted by molar-refractivity contribution is 0.303. The Morgan fingerprint density at radius 2 is 2.21 bits per heavy atom. The van der Waals surface area contributed by atoms with Gasteiger partial charge in [0.25, 0.3) is 0 Å². The molecule has 0 radical (unpaired) electrons. The van der Waals surface area contributed by atoms with Gasteiger partial charge < -0.3 is 10.1 Å². The molecule has 0 aliphatic rings. The van der Waals surface area contributed by atoms with E-state index in [2.05, 4.69) is 29.1 Å². The first kappa shape index (κ1) is 14.0. The third-order valence-corrected chi connectivity index (χ3v) is 3.36. The maximum Gasteiger partial charge on any atom is 0.142 e. The highest BCUT2D eigenvalue weighted by Gasteiger charge is 2.07. The highest BCUT2D eigenvalue weighted by atomic mass is 32.1. The lowest BCUT2D eigenvalue weighted by Gasteiger charge is -2.13. The minimum Gasteiger partial charge on any atom is -0.486 e. The minimum absolute atomic E-state index is 0.427. The molecule has 0 spiro atoms. The first-order chi connectivity index (χ1) is 9.15. The average Bonchev–Trinajstić information content (AvgIpc) is 2.88. The van der Waals surface area contributed by atoms with Gasteiger partial charge in [-0.05, 0) is 19.1 Å². The van der Waals surface area contributed by atoms with E-state index >= 15 is 0 Å². The van der Waals surface area contributed by atoms with Crippen molar-refractivity contribution in [1.82, 2.24) is 15.3 Å². The van der Waals surface area contributed by atoms with Gasteiger partial charge in [-0.25, -0.2) is 0 Å². The molecule has 0 fully saturated rings. The molecule has 0 saturated carbocycles. The number of nitrogens with one attached hydrogen (secondary N) is 1. The number of aryl methyl sites for hydroxylation is 1. The van der Waals surface area contributed by atoms with Crippen LogP contribution in [0.2, 0.25) is 0 Å². The summed E-state index contributed by atoms with van der Waals surface area (Å²) in [6.07, 6.45) is 1.83. The van der Waals surface area contributed by atoms with Crippen LogP contribution in [0.15, 0.2) is 23.8 Å². The molecule has 0 atom stereocenters. The van der Waals surface area contributed by atoms with Gasteiger partial charge in [0, 0.05) is 24.5 Å². The number of nitrogens with zero attached hydrogens (tertiary/aromatic N) is 2. The van der Waals surface area contributed by atoms with Crippen LogP contribution < -0.4 is 10.1 Å². The molecular formula is C14H19N3OS. The second kappa shape index (κ2) is 6.63. The highest BCUT2D eigenvalue weighted by molar-refractivity contribution is 7.09. The van der Waals surface area contributed by atoms with Crippen LogP contribution in [0, 0.1) is 6.92 Å². The number of hydrogen-bond donors (Lipinski definition) is 1. The molecule has 0 aromatic carbocycles. The van der Waals surface area contributed by atoms with Crippen molar-refractivity contribution in [2.24, 2.45) is 0 Å². The fourth-order valence-corrected chi connectivity index (χ4v) is 2.12. The van der Waals surface area contributed by atoms with E-state index in [1.807, 2.05) is 30.8 Å². The van der Waals surface area contributed by atoms with E-state index < -0.39 is 0 Å². The van der Waals surface area contributed by atoms with E-state index in [-0.39, 0.29) is 0 Å². The van der Waals surface area contributed by atoms with Gasteiger partial charge in [0.1, 0.15) is 12.4 Å². The van der Waals surface area contributed by atoms with Crippen molar-refractivity contribution in [2.45, 2.75) is 40.0 Å². The fraction of sp³-hybridized carbons (Fsp3) is 0.429. The van der Waals surface area contributed by atoms with Crippen molar-refractivity contribution in [3.63, 3.8) is 0 Å². The first-order valence-corrected chi connectivity index (χ1v) is 7.23. The molecule has 0 aliphatic carbocycles. The van der Waals surface area contributed by atoms with Gasteiger partial charge in [0.2, 0.25) is 0 Å². The summed E-state index contributed by atoms with van der Waals surface area (Å²) in [4.78, 5) is 9.70. The van der Waals surface area contributed by atoms with Crippen molar-refractivity contribution in [2.75, 3.05) is 0 Å². The fourth-order valence-electron chi connectivity index (χ4n) is 1.62. The summed E-state index contributed by atoms with van der Waals surface area (Å²) in [5.74, 6) is 0.840. The zero-order chi connectivity index (χ0) is 13.7. The Hall–Kier alpha value is -1.46. The molecule has 102 valence electrons. The first-order valence-electron chi connectivity index (χ1n) is 6.35. The molecule has 2 aromatic rings. The van der Waals surface area contributed by atoms with Crippen molar-refractivity contribution in [3.8, 4) is 5.75 Å². The molecule has 2 rings (SSSR count). The van der Waals surface area contributed by atoms with E-state index in [9.17, 15) is 0 Å². The predicted octanol–water partition coefficient (Wildman–Crippen LogP) is 2.92. The summed E-state index contributed by atoms with van der Waals surface area (Å²) in [5.41, 5.74) is 3.77. The summed E-state index contributed by atoms with van der Waals surface area (Å²) < 4.78 is 5.84. The summed E-state index contributed by atoms with van der Waals surface area (Å²) in [6, 6.07) is 4.39. The standard InChI is InChI=1S/C14H19N3OS/c1-10(2)16-7-13-14(5-4-11(3)17-13)18-8-12-6-15-9-19-12/h4-6,9-10,16H,7-8H2,1-3H3. The van der Waals surface area contributed by atoms with Crippen LogP contribution in [0.25, 0.3) is 0 Å². The average molecular weight is 277 g/mol. The van der Waals surface area contributed by atoms with E-state index in [0.717, 1.165) is 28.6 Å². The molecular weight excluding hydrogens is 258 g/mol. The summed E-state index contributed by atoms with van der Waals surface area (Å²) >= 11 is 1.60. The Bertz CT molecular complexity index is 511. The maximum atomic E-state index is 5.84. The van der Waals surface area contributed by atoms with Crippen LogP contribution in [-0.4, -0.2) is 16.0 Å². The molecule has 2 heterocycles. The van der Waals surface area contributed by atoms with Gasteiger partial charge in [-0.1, -0.05) is 13.8 Å². The number of ether oxygens (including phenoxy) is 1. The van der Waals surface area contributed by atoms with Gasteiger partial charge in [0.05, 0.1) is 16.1 Å². The summed E-state index contributed by atoms with van der Waals surface area (Å²) in [5, 5.41) is 3.37. The van der Waals surface area contributed by atoms with Crippen molar-refractivity contribution in [1.29, 1.82) is 0 Å². The predicted molar refractivity (Wildman–Crippen MR) is 77.4 cm³/mol. The zero-order valence-corrected chi connectivity index (χ0v) is 12.3. The Labute approximate surface area is 117 Å². The largest absolute Gasteiger partial charge is 0.486 e. The molecule has 19 heavy (non-hydrogen) atoms. The molecule has 2 aromatic heterocycles. The second-order valence-electron chi connectivity index (χ2n) is 4.69. The van der Waals surface area contributed by atoms with E-state index in [4.69, 9.17) is 4.74 Å². The molecule has 0 bridgehead atoms. The van der Waals surface area contributed by atoms with E-state index in [0.29, 0.717) is 12.6 Å². The van der Waals surface area contributed by atoms with Crippen LogP contribution in [0.4, 0.5) is 0 Å². The number of pyridine rings is 1. The number of aromatic nitrogens is 2. The third-order valence-electron chi connectivity index (χ3n) is 2.60. The van der Waals surface area contributed by atoms with Gasteiger partial charge in [-0.3, -0.25) is 9.97 Å². The molecule has 4 nitrogen and oxygen atoms in total. The smallest absolute Gasteiger partial charge is 0.142 e. The second-order valence-corrected chi connectivity index (χ2v) is 5.66. The highest BCUT2D eigenvalue weighted by Crippen LogP contribution is 2.19. The minimum atomic E-state index is 0.427. The summed E-state index contributed by atoms with van der Waals surface area (Å²) in [6.45, 7) is 7.49. The van der Waals surface area contributed by atoms with Crippen molar-refractivity contribution < 1.29 is 4.74 Å². The monoisotopic (exact) mass is 277 g/mol. The topological polar surface area (TPSA) is 47.0 Å². The Kier molecular flexibility index (Phi) is 4.87. The van der Waals surface area contributed by atoms with E-state index in [1.54, 1.807) is 11.3 Å². The van der Waals surface area contributed by atoms with Crippen molar-refractivity contribution in [3.05, 3.63) is 40.1 Å². The quantitative estimate of drug-likeness (QED) is 0.882. The van der Waals surface area contributed by atoms with Crippen LogP contribution >= 0.6 is 11.3 Å². The SMILES string of the molecule is Cc1ccc(OCc2cncs2)c(CNC(C)C)n1. The molecule has 5 heteroatoms.